The van der Waals surface area contributed by atoms with Crippen LogP contribution in [-0.4, -0.2) is 33.3 Å². The molecule has 0 aromatic carbocycles. The number of rotatable bonds is 2. The molecule has 1 aliphatic heterocycles. The van der Waals surface area contributed by atoms with Gasteiger partial charge in [0, 0.05) is 13.0 Å². The molecule has 4 nitrogen and oxygen atoms in total. The summed E-state index contributed by atoms with van der Waals surface area (Å²) < 4.78 is 0. The van der Waals surface area contributed by atoms with Crippen LogP contribution in [-0.2, 0) is 9.59 Å². The Kier molecular flexibility index (Phi) is 2.85. The highest BCUT2D eigenvalue weighted by atomic mass is 32.1. The van der Waals surface area contributed by atoms with Crippen molar-refractivity contribution in [3.05, 3.63) is 0 Å². The molecule has 1 rings (SSSR count). The van der Waals surface area contributed by atoms with Gasteiger partial charge in [0.05, 0.1) is 0 Å². The number of hydrogen-bond acceptors (Lipinski definition) is 3. The molecule has 0 saturated carbocycles. The molecule has 74 valence electrons. The number of aliphatic carboxylic acids is 1. The van der Waals surface area contributed by atoms with Crippen LogP contribution >= 0.6 is 12.6 Å². The van der Waals surface area contributed by atoms with Gasteiger partial charge in [-0.05, 0) is 12.8 Å². The maximum atomic E-state index is 11.3. The number of likely N-dealkylation sites (tertiary alicyclic amines) is 1. The summed E-state index contributed by atoms with van der Waals surface area (Å²) in [5.41, 5.74) is 0. The molecule has 1 atom stereocenters. The molecule has 0 radical (unpaired) electrons. The Hall–Kier alpha value is -0.710. The van der Waals surface area contributed by atoms with Gasteiger partial charge < -0.3 is 10.0 Å². The van der Waals surface area contributed by atoms with Crippen molar-refractivity contribution in [3.63, 3.8) is 0 Å². The van der Waals surface area contributed by atoms with Gasteiger partial charge in [-0.25, -0.2) is 4.79 Å². The maximum absolute atomic E-state index is 11.3. The molecular weight excluding hydrogens is 190 g/mol. The minimum Gasteiger partial charge on any atom is -0.479 e. The third-order valence-corrected chi connectivity index (χ3v) is 2.96. The van der Waals surface area contributed by atoms with Crippen LogP contribution in [0.3, 0.4) is 0 Å². The van der Waals surface area contributed by atoms with Crippen molar-refractivity contribution in [2.75, 3.05) is 6.54 Å². The predicted molar refractivity (Wildman–Crippen MR) is 50.6 cm³/mol. The highest BCUT2D eigenvalue weighted by Gasteiger charge is 2.46. The topological polar surface area (TPSA) is 57.6 Å². The molecule has 0 aliphatic carbocycles. The van der Waals surface area contributed by atoms with E-state index in [9.17, 15) is 9.59 Å². The van der Waals surface area contributed by atoms with Gasteiger partial charge in [0.25, 0.3) is 0 Å². The van der Waals surface area contributed by atoms with E-state index in [-0.39, 0.29) is 5.91 Å². The van der Waals surface area contributed by atoms with Gasteiger partial charge >= 0.3 is 5.97 Å². The summed E-state index contributed by atoms with van der Waals surface area (Å²) in [6.45, 7) is 2.22. The number of thiol groups is 1. The Morgan fingerprint density at radius 2 is 2.23 bits per heavy atom. The fraction of sp³-hybridized carbons (Fsp3) is 0.750. The molecule has 1 N–H and O–H groups in total. The smallest absolute Gasteiger partial charge is 0.340 e. The van der Waals surface area contributed by atoms with Crippen molar-refractivity contribution in [3.8, 4) is 0 Å². The van der Waals surface area contributed by atoms with E-state index in [1.807, 2.05) is 0 Å². The van der Waals surface area contributed by atoms with Gasteiger partial charge in [-0.2, -0.15) is 0 Å². The van der Waals surface area contributed by atoms with Crippen molar-refractivity contribution < 1.29 is 14.7 Å². The lowest BCUT2D eigenvalue weighted by Gasteiger charge is -2.29. The molecule has 1 saturated heterocycles. The van der Waals surface area contributed by atoms with Crippen LogP contribution in [0.4, 0.5) is 0 Å². The van der Waals surface area contributed by atoms with Gasteiger partial charge in [-0.1, -0.05) is 6.92 Å². The molecule has 0 aromatic heterocycles. The van der Waals surface area contributed by atoms with E-state index in [4.69, 9.17) is 5.11 Å². The molecule has 13 heavy (non-hydrogen) atoms. The number of nitrogens with zero attached hydrogens (tertiary/aromatic N) is 1. The quantitative estimate of drug-likeness (QED) is 0.650. The number of carboxylic acids is 1. The van der Waals surface area contributed by atoms with E-state index >= 15 is 0 Å². The number of carbonyl (C=O) groups excluding carboxylic acids is 1. The van der Waals surface area contributed by atoms with Crippen molar-refractivity contribution in [2.24, 2.45) is 0 Å². The predicted octanol–water partition coefficient (Wildman–Crippen LogP) is 0.730. The van der Waals surface area contributed by atoms with Crippen LogP contribution in [0.25, 0.3) is 0 Å². The van der Waals surface area contributed by atoms with Crippen LogP contribution in [0.2, 0.25) is 0 Å². The Morgan fingerprint density at radius 1 is 1.62 bits per heavy atom. The summed E-state index contributed by atoms with van der Waals surface area (Å²) in [6.07, 6.45) is 1.47. The first-order valence-corrected chi connectivity index (χ1v) is 4.73. The molecule has 5 heteroatoms. The van der Waals surface area contributed by atoms with Gasteiger partial charge in [0.1, 0.15) is 0 Å². The standard InChI is InChI=1S/C8H13NO3S/c1-2-6(10)9-5-3-4-8(9,13)7(11)12/h13H,2-5H2,1H3,(H,11,12)/t8-/m1/s1. The first kappa shape index (κ1) is 10.4. The van der Waals surface area contributed by atoms with Crippen LogP contribution in [0.1, 0.15) is 26.2 Å². The van der Waals surface area contributed by atoms with Gasteiger partial charge in [0.15, 0.2) is 4.87 Å². The average molecular weight is 203 g/mol. The largest absolute Gasteiger partial charge is 0.479 e. The summed E-state index contributed by atoms with van der Waals surface area (Å²) in [6, 6.07) is 0. The van der Waals surface area contributed by atoms with Gasteiger partial charge in [0.2, 0.25) is 5.91 Å². The summed E-state index contributed by atoms with van der Waals surface area (Å²) in [5.74, 6) is -1.18. The first-order valence-electron chi connectivity index (χ1n) is 4.28. The summed E-state index contributed by atoms with van der Waals surface area (Å²) in [4.78, 5) is 22.3. The Balaban J connectivity index is 2.85. The van der Waals surface area contributed by atoms with Crippen LogP contribution in [0.15, 0.2) is 0 Å². The van der Waals surface area contributed by atoms with E-state index in [0.717, 1.165) is 0 Å². The van der Waals surface area contributed by atoms with E-state index in [0.29, 0.717) is 25.8 Å². The lowest BCUT2D eigenvalue weighted by molar-refractivity contribution is -0.150. The second-order valence-electron chi connectivity index (χ2n) is 3.12. The minimum absolute atomic E-state index is 0.144. The molecule has 0 bridgehead atoms. The van der Waals surface area contributed by atoms with Crippen LogP contribution < -0.4 is 0 Å². The number of hydrogen-bond donors (Lipinski definition) is 2. The average Bonchev–Trinajstić information content (AvgIpc) is 2.47. The van der Waals surface area contributed by atoms with Crippen LogP contribution in [0, 0.1) is 0 Å². The zero-order chi connectivity index (χ0) is 10.1. The van der Waals surface area contributed by atoms with E-state index in [1.54, 1.807) is 6.92 Å². The molecule has 1 aliphatic rings. The molecule has 1 amide bonds. The molecule has 1 fully saturated rings. The van der Waals surface area contributed by atoms with Gasteiger partial charge in [-0.3, -0.25) is 4.79 Å². The maximum Gasteiger partial charge on any atom is 0.340 e. The van der Waals surface area contributed by atoms with E-state index < -0.39 is 10.8 Å². The summed E-state index contributed by atoms with van der Waals surface area (Å²) in [5, 5.41) is 8.92. The van der Waals surface area contributed by atoms with Crippen LogP contribution in [0.5, 0.6) is 0 Å². The van der Waals surface area contributed by atoms with E-state index in [2.05, 4.69) is 12.6 Å². The van der Waals surface area contributed by atoms with Crippen molar-refractivity contribution in [1.82, 2.24) is 4.90 Å². The van der Waals surface area contributed by atoms with Crippen molar-refractivity contribution in [1.29, 1.82) is 0 Å². The lowest BCUT2D eigenvalue weighted by atomic mass is 10.2. The normalized spacial score (nSPS) is 27.7. The molecule has 0 spiro atoms. The number of carbonyl (C=O) groups is 2. The minimum atomic E-state index is -1.27. The lowest BCUT2D eigenvalue weighted by Crippen LogP contribution is -2.48. The first-order chi connectivity index (χ1) is 6.02. The molecule has 1 heterocycles. The Labute approximate surface area is 82.3 Å². The molecule has 0 aromatic rings. The number of carboxylic acid groups (broad SMARTS) is 1. The monoisotopic (exact) mass is 203 g/mol. The fourth-order valence-corrected chi connectivity index (χ4v) is 1.92. The Morgan fingerprint density at radius 3 is 2.69 bits per heavy atom. The van der Waals surface area contributed by atoms with E-state index in [1.165, 1.54) is 4.90 Å². The third kappa shape index (κ3) is 1.65. The fourth-order valence-electron chi connectivity index (χ4n) is 1.55. The summed E-state index contributed by atoms with van der Waals surface area (Å²) in [7, 11) is 0. The Bertz CT molecular complexity index is 244. The SMILES string of the molecule is CCC(=O)N1CCC[C@@]1(S)C(=O)O. The highest BCUT2D eigenvalue weighted by Crippen LogP contribution is 2.33. The second kappa shape index (κ2) is 3.57. The van der Waals surface area contributed by atoms with Crippen molar-refractivity contribution >= 4 is 24.5 Å². The second-order valence-corrected chi connectivity index (χ2v) is 3.86. The summed E-state index contributed by atoms with van der Waals surface area (Å²) >= 11 is 4.07. The van der Waals surface area contributed by atoms with Gasteiger partial charge in [-0.15, -0.1) is 12.6 Å². The zero-order valence-electron chi connectivity index (χ0n) is 7.49. The molecule has 0 unspecified atom stereocenters. The number of amides is 1. The zero-order valence-corrected chi connectivity index (χ0v) is 8.38. The highest BCUT2D eigenvalue weighted by molar-refractivity contribution is 7.82. The third-order valence-electron chi connectivity index (χ3n) is 2.30. The van der Waals surface area contributed by atoms with Crippen molar-refractivity contribution in [2.45, 2.75) is 31.1 Å². The molecular formula is C8H13NO3S.